The van der Waals surface area contributed by atoms with Crippen LogP contribution >= 0.6 is 11.8 Å². The number of aryl methyl sites for hydroxylation is 1. The minimum atomic E-state index is -0.0962. The van der Waals surface area contributed by atoms with Gasteiger partial charge in [-0.2, -0.15) is 0 Å². The summed E-state index contributed by atoms with van der Waals surface area (Å²) in [7, 11) is 3.42. The van der Waals surface area contributed by atoms with Crippen LogP contribution in [-0.2, 0) is 11.3 Å². The first-order chi connectivity index (χ1) is 12.7. The molecule has 146 valence electrons. The zero-order chi connectivity index (χ0) is 20.1. The highest BCUT2D eigenvalue weighted by atomic mass is 32.2. The van der Waals surface area contributed by atoms with E-state index >= 15 is 0 Å². The van der Waals surface area contributed by atoms with Crippen molar-refractivity contribution in [3.63, 3.8) is 0 Å². The third-order valence-electron chi connectivity index (χ3n) is 4.12. The average molecular weight is 389 g/mol. The number of thioether (sulfide) groups is 1. The van der Waals surface area contributed by atoms with E-state index in [2.05, 4.69) is 35.6 Å². The van der Waals surface area contributed by atoms with Gasteiger partial charge >= 0.3 is 0 Å². The van der Waals surface area contributed by atoms with Crippen LogP contribution in [0, 0.1) is 19.8 Å². The molecule has 1 heterocycles. The van der Waals surface area contributed by atoms with Gasteiger partial charge in [0.25, 0.3) is 5.91 Å². The zero-order valence-corrected chi connectivity index (χ0v) is 17.7. The van der Waals surface area contributed by atoms with Gasteiger partial charge in [0.2, 0.25) is 5.91 Å². The molecule has 0 radical (unpaired) electrons. The standard InChI is InChI=1S/C20H28N4O2S/c1-13(2)11-24-15(4)14(3)21-20(24)27-12-18(25)22-17-9-7-16(8-10-17)19(26)23(5)6/h7-10,13H,11-12H2,1-6H3,(H,22,25). The third kappa shape index (κ3) is 5.60. The molecule has 1 N–H and O–H groups in total. The molecule has 2 aromatic rings. The molecule has 0 aliphatic heterocycles. The first-order valence-electron chi connectivity index (χ1n) is 8.97. The van der Waals surface area contributed by atoms with Crippen LogP contribution in [0.5, 0.6) is 0 Å². The number of amides is 2. The average Bonchev–Trinajstić information content (AvgIpc) is 2.87. The molecule has 6 nitrogen and oxygen atoms in total. The number of hydrogen-bond acceptors (Lipinski definition) is 4. The van der Waals surface area contributed by atoms with Gasteiger partial charge in [0.05, 0.1) is 11.4 Å². The predicted octanol–water partition coefficient (Wildman–Crippen LogP) is 3.59. The number of rotatable bonds is 7. The van der Waals surface area contributed by atoms with Crippen molar-refractivity contribution in [3.8, 4) is 0 Å². The lowest BCUT2D eigenvalue weighted by Gasteiger charge is -2.12. The van der Waals surface area contributed by atoms with Crippen LogP contribution in [0.2, 0.25) is 0 Å². The van der Waals surface area contributed by atoms with Crippen LogP contribution in [0.3, 0.4) is 0 Å². The predicted molar refractivity (Wildman–Crippen MR) is 110 cm³/mol. The summed E-state index contributed by atoms with van der Waals surface area (Å²) < 4.78 is 2.18. The number of hydrogen-bond donors (Lipinski definition) is 1. The topological polar surface area (TPSA) is 67.2 Å². The molecule has 7 heteroatoms. The van der Waals surface area contributed by atoms with Crippen molar-refractivity contribution in [3.05, 3.63) is 41.2 Å². The van der Waals surface area contributed by atoms with Gasteiger partial charge in [0, 0.05) is 37.6 Å². The van der Waals surface area contributed by atoms with Crippen molar-refractivity contribution in [2.45, 2.75) is 39.4 Å². The summed E-state index contributed by atoms with van der Waals surface area (Å²) in [5.41, 5.74) is 3.41. The fourth-order valence-electron chi connectivity index (χ4n) is 2.60. The largest absolute Gasteiger partial charge is 0.345 e. The SMILES string of the molecule is Cc1nc(SCC(=O)Nc2ccc(C(=O)N(C)C)cc2)n(CC(C)C)c1C. The number of anilines is 1. The number of nitrogens with zero attached hydrogens (tertiary/aromatic N) is 3. The van der Waals surface area contributed by atoms with Crippen LogP contribution in [0.1, 0.15) is 35.6 Å². The molecule has 0 aliphatic carbocycles. The maximum atomic E-state index is 12.3. The Morgan fingerprint density at radius 3 is 2.37 bits per heavy atom. The number of nitrogens with one attached hydrogen (secondary N) is 1. The van der Waals surface area contributed by atoms with Crippen LogP contribution in [0.4, 0.5) is 5.69 Å². The van der Waals surface area contributed by atoms with Crippen molar-refractivity contribution >= 4 is 29.3 Å². The van der Waals surface area contributed by atoms with Crippen molar-refractivity contribution in [2.75, 3.05) is 25.2 Å². The van der Waals surface area contributed by atoms with Gasteiger partial charge < -0.3 is 14.8 Å². The van der Waals surface area contributed by atoms with Crippen LogP contribution in [0.25, 0.3) is 0 Å². The molecule has 0 saturated carbocycles. The highest BCUT2D eigenvalue weighted by Crippen LogP contribution is 2.23. The molecule has 0 saturated heterocycles. The highest BCUT2D eigenvalue weighted by molar-refractivity contribution is 7.99. The van der Waals surface area contributed by atoms with Crippen LogP contribution < -0.4 is 5.32 Å². The Kier molecular flexibility index (Phi) is 7.07. The van der Waals surface area contributed by atoms with E-state index in [1.165, 1.54) is 16.7 Å². The van der Waals surface area contributed by atoms with E-state index in [9.17, 15) is 9.59 Å². The molecule has 1 aromatic carbocycles. The van der Waals surface area contributed by atoms with Gasteiger partial charge in [-0.15, -0.1) is 0 Å². The number of imidazole rings is 1. The molecule has 0 aliphatic rings. The minimum absolute atomic E-state index is 0.0637. The Morgan fingerprint density at radius 2 is 1.81 bits per heavy atom. The van der Waals surface area contributed by atoms with Gasteiger partial charge in [-0.3, -0.25) is 9.59 Å². The second-order valence-corrected chi connectivity index (χ2v) is 8.13. The lowest BCUT2D eigenvalue weighted by molar-refractivity contribution is -0.113. The van der Waals surface area contributed by atoms with E-state index in [4.69, 9.17) is 0 Å². The molecule has 0 spiro atoms. The maximum absolute atomic E-state index is 12.3. The highest BCUT2D eigenvalue weighted by Gasteiger charge is 2.14. The maximum Gasteiger partial charge on any atom is 0.253 e. The molecule has 0 fully saturated rings. The first kappa shape index (κ1) is 21.0. The summed E-state index contributed by atoms with van der Waals surface area (Å²) in [6, 6.07) is 6.92. The van der Waals surface area contributed by atoms with E-state index in [1.807, 2.05) is 6.92 Å². The third-order valence-corrected chi connectivity index (χ3v) is 5.10. The van der Waals surface area contributed by atoms with Crippen molar-refractivity contribution in [1.29, 1.82) is 0 Å². The van der Waals surface area contributed by atoms with E-state index in [1.54, 1.807) is 38.4 Å². The van der Waals surface area contributed by atoms with Gasteiger partial charge in [0.1, 0.15) is 0 Å². The molecule has 2 rings (SSSR count). The van der Waals surface area contributed by atoms with E-state index < -0.39 is 0 Å². The van der Waals surface area contributed by atoms with Gasteiger partial charge in [-0.1, -0.05) is 25.6 Å². The smallest absolute Gasteiger partial charge is 0.253 e. The number of aromatic nitrogens is 2. The van der Waals surface area contributed by atoms with E-state index in [0.29, 0.717) is 17.2 Å². The molecule has 1 aromatic heterocycles. The molecule has 2 amide bonds. The molecular weight excluding hydrogens is 360 g/mol. The lowest BCUT2D eigenvalue weighted by Crippen LogP contribution is -2.21. The monoisotopic (exact) mass is 388 g/mol. The zero-order valence-electron chi connectivity index (χ0n) is 16.9. The fourth-order valence-corrected chi connectivity index (χ4v) is 3.50. The Morgan fingerprint density at radius 1 is 1.19 bits per heavy atom. The Labute approximate surface area is 165 Å². The minimum Gasteiger partial charge on any atom is -0.345 e. The molecular formula is C20H28N4O2S. The van der Waals surface area contributed by atoms with Gasteiger partial charge in [-0.05, 0) is 44.0 Å². The second kappa shape index (κ2) is 9.08. The Hall–Kier alpha value is -2.28. The fraction of sp³-hybridized carbons (Fsp3) is 0.450. The number of carbonyl (C=O) groups excluding carboxylic acids is 2. The summed E-state index contributed by atoms with van der Waals surface area (Å²) in [4.78, 5) is 30.3. The van der Waals surface area contributed by atoms with Gasteiger partial charge in [-0.25, -0.2) is 4.98 Å². The van der Waals surface area contributed by atoms with Crippen LogP contribution in [-0.4, -0.2) is 46.1 Å². The molecule has 27 heavy (non-hydrogen) atoms. The quantitative estimate of drug-likeness (QED) is 0.736. The molecule has 0 bridgehead atoms. The van der Waals surface area contributed by atoms with Crippen molar-refractivity contribution in [1.82, 2.24) is 14.5 Å². The Bertz CT molecular complexity index is 810. The van der Waals surface area contributed by atoms with Crippen molar-refractivity contribution in [2.24, 2.45) is 5.92 Å². The number of carbonyl (C=O) groups is 2. The summed E-state index contributed by atoms with van der Waals surface area (Å²) >= 11 is 1.44. The van der Waals surface area contributed by atoms with Gasteiger partial charge in [0.15, 0.2) is 5.16 Å². The Balaban J connectivity index is 1.97. The normalized spacial score (nSPS) is 10.9. The van der Waals surface area contributed by atoms with E-state index in [0.717, 1.165) is 23.1 Å². The molecule has 0 atom stereocenters. The number of benzene rings is 1. The summed E-state index contributed by atoms with van der Waals surface area (Å²) in [6.45, 7) is 9.28. The van der Waals surface area contributed by atoms with Crippen LogP contribution in [0.15, 0.2) is 29.4 Å². The van der Waals surface area contributed by atoms with E-state index in [-0.39, 0.29) is 17.6 Å². The summed E-state index contributed by atoms with van der Waals surface area (Å²) in [5, 5.41) is 3.74. The first-order valence-corrected chi connectivity index (χ1v) is 9.95. The second-order valence-electron chi connectivity index (χ2n) is 7.18. The molecule has 0 unspecified atom stereocenters. The summed E-state index contributed by atoms with van der Waals surface area (Å²) in [6.07, 6.45) is 0. The lowest BCUT2D eigenvalue weighted by atomic mass is 10.2. The van der Waals surface area contributed by atoms with Crippen molar-refractivity contribution < 1.29 is 9.59 Å². The summed E-state index contributed by atoms with van der Waals surface area (Å²) in [5.74, 6) is 0.632.